The molecule has 0 atom stereocenters. The van der Waals surface area contributed by atoms with Crippen molar-refractivity contribution in [3.63, 3.8) is 0 Å². The van der Waals surface area contributed by atoms with Crippen molar-refractivity contribution in [2.75, 3.05) is 20.1 Å². The van der Waals surface area contributed by atoms with Gasteiger partial charge >= 0.3 is 0 Å². The molecule has 0 fully saturated rings. The second kappa shape index (κ2) is 8.24. The summed E-state index contributed by atoms with van der Waals surface area (Å²) in [4.78, 5) is 32.5. The maximum Gasteiger partial charge on any atom is 0.272 e. The van der Waals surface area contributed by atoms with Crippen LogP contribution in [0.2, 0.25) is 0 Å². The van der Waals surface area contributed by atoms with Gasteiger partial charge < -0.3 is 9.80 Å². The Morgan fingerprint density at radius 3 is 2.04 bits per heavy atom. The number of aromatic nitrogens is 1. The van der Waals surface area contributed by atoms with Crippen LogP contribution in [-0.2, 0) is 6.54 Å². The van der Waals surface area contributed by atoms with Crippen molar-refractivity contribution in [3.8, 4) is 0 Å². The summed E-state index contributed by atoms with van der Waals surface area (Å²) in [7, 11) is 1.73. The van der Waals surface area contributed by atoms with E-state index in [0.717, 1.165) is 5.56 Å². The van der Waals surface area contributed by atoms with E-state index in [-0.39, 0.29) is 17.5 Å². The van der Waals surface area contributed by atoms with Gasteiger partial charge in [0.05, 0.1) is 0 Å². The van der Waals surface area contributed by atoms with Gasteiger partial charge in [0.2, 0.25) is 0 Å². The number of carbonyl (C=O) groups is 2. The third kappa shape index (κ3) is 4.19. The minimum Gasteiger partial charge on any atom is -0.338 e. The fourth-order valence-electron chi connectivity index (χ4n) is 2.47. The van der Waals surface area contributed by atoms with Gasteiger partial charge in [-0.1, -0.05) is 36.4 Å². The predicted octanol–water partition coefficient (Wildman–Crippen LogP) is 2.84. The first-order valence-corrected chi connectivity index (χ1v) is 8.12. The van der Waals surface area contributed by atoms with Crippen LogP contribution in [-0.4, -0.2) is 46.7 Å². The molecule has 0 spiro atoms. The summed E-state index contributed by atoms with van der Waals surface area (Å²) in [6, 6.07) is 14.7. The topological polar surface area (TPSA) is 53.5 Å². The second-order valence-corrected chi connectivity index (χ2v) is 5.53. The molecule has 2 amide bonds. The van der Waals surface area contributed by atoms with Crippen molar-refractivity contribution in [2.24, 2.45) is 0 Å². The summed E-state index contributed by atoms with van der Waals surface area (Å²) in [5.41, 5.74) is 1.63. The molecule has 0 bridgehead atoms. The molecule has 1 aromatic heterocycles. The quantitative estimate of drug-likeness (QED) is 0.820. The van der Waals surface area contributed by atoms with Crippen LogP contribution >= 0.6 is 0 Å². The number of amides is 2. The molecule has 2 rings (SSSR count). The van der Waals surface area contributed by atoms with Crippen LogP contribution in [0.1, 0.15) is 40.4 Å². The fourth-order valence-corrected chi connectivity index (χ4v) is 2.47. The molecule has 1 aromatic carbocycles. The Bertz CT molecular complexity index is 697. The first-order chi connectivity index (χ1) is 11.6. The molecule has 0 saturated heterocycles. The standard InChI is InChI=1S/C19H23N3O2/c1-4-22(5-2)19(24)17-13-9-12-16(20-17)18(23)21(3)14-15-10-7-6-8-11-15/h6-13H,4-5,14H2,1-3H3. The van der Waals surface area contributed by atoms with Crippen molar-refractivity contribution in [2.45, 2.75) is 20.4 Å². The van der Waals surface area contributed by atoms with Gasteiger partial charge in [-0.05, 0) is 31.5 Å². The largest absolute Gasteiger partial charge is 0.338 e. The first-order valence-electron chi connectivity index (χ1n) is 8.12. The Labute approximate surface area is 142 Å². The fraction of sp³-hybridized carbons (Fsp3) is 0.316. The summed E-state index contributed by atoms with van der Waals surface area (Å²) < 4.78 is 0. The second-order valence-electron chi connectivity index (χ2n) is 5.53. The zero-order valence-electron chi connectivity index (χ0n) is 14.4. The van der Waals surface area contributed by atoms with E-state index in [1.807, 2.05) is 44.2 Å². The number of pyridine rings is 1. The van der Waals surface area contributed by atoms with Crippen molar-refractivity contribution in [3.05, 3.63) is 65.5 Å². The van der Waals surface area contributed by atoms with E-state index in [2.05, 4.69) is 4.98 Å². The molecule has 0 saturated carbocycles. The van der Waals surface area contributed by atoms with E-state index in [9.17, 15) is 9.59 Å². The lowest BCUT2D eigenvalue weighted by atomic mass is 10.2. The van der Waals surface area contributed by atoms with Crippen LogP contribution in [0.15, 0.2) is 48.5 Å². The minimum absolute atomic E-state index is 0.152. The molecule has 0 aliphatic carbocycles. The maximum atomic E-state index is 12.6. The Morgan fingerprint density at radius 2 is 1.46 bits per heavy atom. The molecule has 1 heterocycles. The highest BCUT2D eigenvalue weighted by atomic mass is 16.2. The highest BCUT2D eigenvalue weighted by Crippen LogP contribution is 2.09. The third-order valence-corrected chi connectivity index (χ3v) is 3.85. The van der Waals surface area contributed by atoms with Gasteiger partial charge in [-0.15, -0.1) is 0 Å². The number of hydrogen-bond donors (Lipinski definition) is 0. The van der Waals surface area contributed by atoms with Crippen molar-refractivity contribution < 1.29 is 9.59 Å². The lowest BCUT2D eigenvalue weighted by Crippen LogP contribution is -2.32. The molecular formula is C19H23N3O2. The van der Waals surface area contributed by atoms with Crippen LogP contribution in [0.4, 0.5) is 0 Å². The highest BCUT2D eigenvalue weighted by Gasteiger charge is 2.18. The molecule has 2 aromatic rings. The van der Waals surface area contributed by atoms with E-state index < -0.39 is 0 Å². The Balaban J connectivity index is 2.15. The van der Waals surface area contributed by atoms with Gasteiger partial charge in [-0.25, -0.2) is 4.98 Å². The van der Waals surface area contributed by atoms with Gasteiger partial charge in [-0.3, -0.25) is 9.59 Å². The Hall–Kier alpha value is -2.69. The van der Waals surface area contributed by atoms with E-state index in [4.69, 9.17) is 0 Å². The number of hydrogen-bond acceptors (Lipinski definition) is 3. The van der Waals surface area contributed by atoms with E-state index in [1.165, 1.54) is 0 Å². The van der Waals surface area contributed by atoms with E-state index in [0.29, 0.717) is 25.3 Å². The molecule has 0 N–H and O–H groups in total. The highest BCUT2D eigenvalue weighted by molar-refractivity contribution is 5.96. The zero-order chi connectivity index (χ0) is 17.5. The Kier molecular flexibility index (Phi) is 6.07. The number of benzene rings is 1. The van der Waals surface area contributed by atoms with Gasteiger partial charge in [0.15, 0.2) is 0 Å². The molecule has 5 nitrogen and oxygen atoms in total. The lowest BCUT2D eigenvalue weighted by molar-refractivity contribution is 0.0763. The zero-order valence-corrected chi connectivity index (χ0v) is 14.4. The van der Waals surface area contributed by atoms with Gasteiger partial charge in [0, 0.05) is 26.7 Å². The van der Waals surface area contributed by atoms with Crippen LogP contribution < -0.4 is 0 Å². The summed E-state index contributed by atoms with van der Waals surface area (Å²) in [5, 5.41) is 0. The van der Waals surface area contributed by atoms with Crippen LogP contribution in [0.5, 0.6) is 0 Å². The summed E-state index contributed by atoms with van der Waals surface area (Å²) in [6.45, 7) is 5.57. The van der Waals surface area contributed by atoms with Gasteiger partial charge in [0.25, 0.3) is 11.8 Å². The minimum atomic E-state index is -0.201. The van der Waals surface area contributed by atoms with Crippen LogP contribution in [0.25, 0.3) is 0 Å². The monoisotopic (exact) mass is 325 g/mol. The molecule has 0 unspecified atom stereocenters. The molecule has 24 heavy (non-hydrogen) atoms. The lowest BCUT2D eigenvalue weighted by Gasteiger charge is -2.19. The molecule has 0 aliphatic rings. The molecule has 5 heteroatoms. The average Bonchev–Trinajstić information content (AvgIpc) is 2.63. The summed E-state index contributed by atoms with van der Waals surface area (Å²) in [6.07, 6.45) is 0. The van der Waals surface area contributed by atoms with Gasteiger partial charge in [0.1, 0.15) is 11.4 Å². The van der Waals surface area contributed by atoms with E-state index >= 15 is 0 Å². The normalized spacial score (nSPS) is 10.3. The van der Waals surface area contributed by atoms with Crippen LogP contribution in [0.3, 0.4) is 0 Å². The van der Waals surface area contributed by atoms with Crippen molar-refractivity contribution in [1.82, 2.24) is 14.8 Å². The maximum absolute atomic E-state index is 12.6. The SMILES string of the molecule is CCN(CC)C(=O)c1cccc(C(=O)N(C)Cc2ccccc2)n1. The van der Waals surface area contributed by atoms with Gasteiger partial charge in [-0.2, -0.15) is 0 Å². The summed E-state index contributed by atoms with van der Waals surface area (Å²) >= 11 is 0. The predicted molar refractivity (Wildman–Crippen MR) is 93.7 cm³/mol. The number of carbonyl (C=O) groups excluding carboxylic acids is 2. The smallest absolute Gasteiger partial charge is 0.272 e. The molecule has 126 valence electrons. The van der Waals surface area contributed by atoms with E-state index in [1.54, 1.807) is 35.0 Å². The molecule has 0 aliphatic heterocycles. The third-order valence-electron chi connectivity index (χ3n) is 3.85. The molecular weight excluding hydrogens is 302 g/mol. The number of rotatable bonds is 6. The molecule has 0 radical (unpaired) electrons. The Morgan fingerprint density at radius 1 is 0.875 bits per heavy atom. The summed E-state index contributed by atoms with van der Waals surface area (Å²) in [5.74, 6) is -0.353. The first kappa shape index (κ1) is 17.7. The van der Waals surface area contributed by atoms with Crippen molar-refractivity contribution in [1.29, 1.82) is 0 Å². The van der Waals surface area contributed by atoms with Crippen molar-refractivity contribution >= 4 is 11.8 Å². The average molecular weight is 325 g/mol. The van der Waals surface area contributed by atoms with Crippen LogP contribution in [0, 0.1) is 0 Å². The number of nitrogens with zero attached hydrogens (tertiary/aromatic N) is 3.